The molecule has 0 radical (unpaired) electrons. The van der Waals surface area contributed by atoms with Crippen LogP contribution in [0.15, 0.2) is 30.3 Å². The number of methoxy groups -OCH3 is 1. The topological polar surface area (TPSA) is 51.5 Å². The molecule has 0 N–H and O–H groups in total. The number of ether oxygens (including phenoxy) is 1. The zero-order valence-corrected chi connectivity index (χ0v) is 15.9. The van der Waals surface area contributed by atoms with Crippen LogP contribution in [0.3, 0.4) is 0 Å². The third kappa shape index (κ3) is 3.95. The average Bonchev–Trinajstić information content (AvgIpc) is 2.93. The van der Waals surface area contributed by atoms with Crippen molar-refractivity contribution in [3.05, 3.63) is 53.1 Å². The molecule has 0 bridgehead atoms. The number of aromatic nitrogens is 1. The zero-order valence-electron chi connectivity index (χ0n) is 15.9. The van der Waals surface area contributed by atoms with Gasteiger partial charge in [-0.3, -0.25) is 9.59 Å². The molecule has 0 spiro atoms. The highest BCUT2D eigenvalue weighted by atomic mass is 19.1. The molecule has 5 nitrogen and oxygen atoms in total. The first-order valence-corrected chi connectivity index (χ1v) is 8.62. The summed E-state index contributed by atoms with van der Waals surface area (Å²) < 4.78 is 19.9. The average molecular weight is 360 g/mol. The minimum Gasteiger partial charge on any atom is -0.469 e. The minimum absolute atomic E-state index is 0.135. The van der Waals surface area contributed by atoms with Crippen molar-refractivity contribution in [3.8, 4) is 5.69 Å². The maximum absolute atomic E-state index is 13.2. The second kappa shape index (κ2) is 8.17. The molecule has 1 amide bonds. The van der Waals surface area contributed by atoms with Gasteiger partial charge in [0.1, 0.15) is 5.82 Å². The summed E-state index contributed by atoms with van der Waals surface area (Å²) in [6.07, 6.45) is 0. The predicted molar refractivity (Wildman–Crippen MR) is 98.0 cm³/mol. The zero-order chi connectivity index (χ0) is 19.4. The molecular weight excluding hydrogens is 335 g/mol. The number of carbonyl (C=O) groups excluding carboxylic acids is 2. The lowest BCUT2D eigenvalue weighted by Gasteiger charge is -2.23. The van der Waals surface area contributed by atoms with Crippen molar-refractivity contribution in [2.24, 2.45) is 5.92 Å². The van der Waals surface area contributed by atoms with Crippen LogP contribution in [-0.2, 0) is 9.53 Å². The number of halogens is 1. The molecule has 1 aromatic heterocycles. The number of nitrogens with zero attached hydrogens (tertiary/aromatic N) is 2. The SMILES string of the molecule is CCN(CC(C)C(=O)OC)C(=O)c1cc(C)n(-c2ccc(F)cc2)c1C. The van der Waals surface area contributed by atoms with E-state index in [2.05, 4.69) is 0 Å². The summed E-state index contributed by atoms with van der Waals surface area (Å²) >= 11 is 0. The minimum atomic E-state index is -0.399. The molecule has 1 unspecified atom stereocenters. The summed E-state index contributed by atoms with van der Waals surface area (Å²) in [5.41, 5.74) is 3.04. The maximum atomic E-state index is 13.2. The number of amides is 1. The van der Waals surface area contributed by atoms with Crippen LogP contribution in [0.25, 0.3) is 5.69 Å². The first-order valence-electron chi connectivity index (χ1n) is 8.62. The van der Waals surface area contributed by atoms with Gasteiger partial charge < -0.3 is 14.2 Å². The van der Waals surface area contributed by atoms with E-state index in [1.165, 1.54) is 19.2 Å². The second-order valence-corrected chi connectivity index (χ2v) is 6.36. The molecular formula is C20H25FN2O3. The summed E-state index contributed by atoms with van der Waals surface area (Å²) in [6.45, 7) is 8.16. The predicted octanol–water partition coefficient (Wildman–Crippen LogP) is 3.50. The van der Waals surface area contributed by atoms with E-state index in [4.69, 9.17) is 4.74 Å². The fourth-order valence-corrected chi connectivity index (χ4v) is 3.10. The third-order valence-corrected chi connectivity index (χ3v) is 4.51. The summed E-state index contributed by atoms with van der Waals surface area (Å²) in [5, 5.41) is 0. The van der Waals surface area contributed by atoms with Crippen LogP contribution in [0.5, 0.6) is 0 Å². The number of hydrogen-bond donors (Lipinski definition) is 0. The number of aryl methyl sites for hydroxylation is 1. The molecule has 2 aromatic rings. The molecule has 0 saturated carbocycles. The number of benzene rings is 1. The van der Waals surface area contributed by atoms with Gasteiger partial charge in [0.2, 0.25) is 0 Å². The van der Waals surface area contributed by atoms with E-state index in [0.29, 0.717) is 18.7 Å². The molecule has 6 heteroatoms. The van der Waals surface area contributed by atoms with Gasteiger partial charge in [-0.25, -0.2) is 4.39 Å². The maximum Gasteiger partial charge on any atom is 0.310 e. The number of rotatable bonds is 6. The van der Waals surface area contributed by atoms with Gasteiger partial charge in [0, 0.05) is 30.2 Å². The van der Waals surface area contributed by atoms with Crippen molar-refractivity contribution in [3.63, 3.8) is 0 Å². The largest absolute Gasteiger partial charge is 0.469 e. The molecule has 0 fully saturated rings. The Bertz CT molecular complexity index is 796. The van der Waals surface area contributed by atoms with Crippen LogP contribution in [0.4, 0.5) is 4.39 Å². The standard InChI is InChI=1S/C20H25FN2O3/c1-6-22(12-13(2)20(25)26-5)19(24)18-11-14(3)23(15(18)4)17-9-7-16(21)8-10-17/h7-11,13H,6,12H2,1-5H3. The first kappa shape index (κ1) is 19.7. The smallest absolute Gasteiger partial charge is 0.310 e. The monoisotopic (exact) mass is 360 g/mol. The van der Waals surface area contributed by atoms with E-state index in [0.717, 1.165) is 17.1 Å². The van der Waals surface area contributed by atoms with Gasteiger partial charge in [-0.15, -0.1) is 0 Å². The van der Waals surface area contributed by atoms with Crippen molar-refractivity contribution in [2.45, 2.75) is 27.7 Å². The molecule has 1 aromatic carbocycles. The Morgan fingerprint density at radius 1 is 1.23 bits per heavy atom. The molecule has 140 valence electrons. The van der Waals surface area contributed by atoms with E-state index >= 15 is 0 Å². The van der Waals surface area contributed by atoms with Gasteiger partial charge in [0.25, 0.3) is 5.91 Å². The lowest BCUT2D eigenvalue weighted by Crippen LogP contribution is -2.37. The van der Waals surface area contributed by atoms with Crippen LogP contribution in [-0.4, -0.2) is 41.5 Å². The highest BCUT2D eigenvalue weighted by molar-refractivity contribution is 5.96. The van der Waals surface area contributed by atoms with E-state index in [9.17, 15) is 14.0 Å². The molecule has 1 atom stereocenters. The van der Waals surface area contributed by atoms with Crippen LogP contribution < -0.4 is 0 Å². The van der Waals surface area contributed by atoms with Crippen molar-refractivity contribution in [2.75, 3.05) is 20.2 Å². The van der Waals surface area contributed by atoms with Crippen molar-refractivity contribution < 1.29 is 18.7 Å². The number of esters is 1. The Kier molecular flexibility index (Phi) is 6.18. The van der Waals surface area contributed by atoms with Crippen LogP contribution in [0, 0.1) is 25.6 Å². The van der Waals surface area contributed by atoms with Gasteiger partial charge in [-0.1, -0.05) is 6.92 Å². The van der Waals surface area contributed by atoms with Crippen molar-refractivity contribution in [1.82, 2.24) is 9.47 Å². The van der Waals surface area contributed by atoms with E-state index in [1.54, 1.807) is 24.0 Å². The van der Waals surface area contributed by atoms with Crippen LogP contribution in [0.2, 0.25) is 0 Å². The van der Waals surface area contributed by atoms with Gasteiger partial charge in [0.15, 0.2) is 0 Å². The Morgan fingerprint density at radius 3 is 2.38 bits per heavy atom. The van der Waals surface area contributed by atoms with Gasteiger partial charge >= 0.3 is 5.97 Å². The third-order valence-electron chi connectivity index (χ3n) is 4.51. The molecule has 2 rings (SSSR count). The number of hydrogen-bond acceptors (Lipinski definition) is 3. The Balaban J connectivity index is 2.33. The Morgan fingerprint density at radius 2 is 1.85 bits per heavy atom. The first-order chi connectivity index (χ1) is 12.3. The molecule has 0 saturated heterocycles. The second-order valence-electron chi connectivity index (χ2n) is 6.36. The number of carbonyl (C=O) groups is 2. The fourth-order valence-electron chi connectivity index (χ4n) is 3.10. The molecule has 0 aliphatic heterocycles. The molecule has 0 aliphatic carbocycles. The van der Waals surface area contributed by atoms with E-state index in [1.807, 2.05) is 31.4 Å². The van der Waals surface area contributed by atoms with Crippen LogP contribution in [0.1, 0.15) is 35.6 Å². The summed E-state index contributed by atoms with van der Waals surface area (Å²) in [7, 11) is 1.34. The summed E-state index contributed by atoms with van der Waals surface area (Å²) in [6, 6.07) is 7.98. The Labute approximate surface area is 153 Å². The van der Waals surface area contributed by atoms with Gasteiger partial charge in [-0.2, -0.15) is 0 Å². The molecule has 26 heavy (non-hydrogen) atoms. The lowest BCUT2D eigenvalue weighted by molar-refractivity contribution is -0.145. The highest BCUT2D eigenvalue weighted by Crippen LogP contribution is 2.22. The van der Waals surface area contributed by atoms with E-state index < -0.39 is 5.92 Å². The molecule has 0 aliphatic rings. The van der Waals surface area contributed by atoms with Crippen molar-refractivity contribution >= 4 is 11.9 Å². The van der Waals surface area contributed by atoms with Crippen LogP contribution >= 0.6 is 0 Å². The molecule has 1 heterocycles. The Hall–Kier alpha value is -2.63. The van der Waals surface area contributed by atoms with Crippen molar-refractivity contribution in [1.29, 1.82) is 0 Å². The van der Waals surface area contributed by atoms with Gasteiger partial charge in [-0.05, 0) is 51.1 Å². The van der Waals surface area contributed by atoms with E-state index in [-0.39, 0.29) is 17.7 Å². The lowest BCUT2D eigenvalue weighted by atomic mass is 10.1. The highest BCUT2D eigenvalue weighted by Gasteiger charge is 2.24. The van der Waals surface area contributed by atoms with Gasteiger partial charge in [0.05, 0.1) is 18.6 Å². The quantitative estimate of drug-likeness (QED) is 0.741. The summed E-state index contributed by atoms with van der Waals surface area (Å²) in [5.74, 6) is -1.18. The normalized spacial score (nSPS) is 11.9. The summed E-state index contributed by atoms with van der Waals surface area (Å²) in [4.78, 5) is 26.3. The fraction of sp³-hybridized carbons (Fsp3) is 0.400.